The summed E-state index contributed by atoms with van der Waals surface area (Å²) in [7, 11) is -5.00. The number of hydrogen-bond donors (Lipinski definition) is 2. The maximum absolute atomic E-state index is 14.5. The van der Waals surface area contributed by atoms with Crippen LogP contribution in [0.15, 0.2) is 35.2 Å². The van der Waals surface area contributed by atoms with Crippen LogP contribution in [0.5, 0.6) is 0 Å². The van der Waals surface area contributed by atoms with Crippen LogP contribution in [0.3, 0.4) is 0 Å². The van der Waals surface area contributed by atoms with Gasteiger partial charge in [-0.1, -0.05) is 17.7 Å². The van der Waals surface area contributed by atoms with E-state index in [0.717, 1.165) is 34.4 Å². The molecule has 2 aliphatic heterocycles. The van der Waals surface area contributed by atoms with Gasteiger partial charge in [0.05, 0.1) is 25.4 Å². The van der Waals surface area contributed by atoms with E-state index in [-0.39, 0.29) is 37.0 Å². The molecule has 2 saturated heterocycles. The molecule has 4 rings (SSSR count). The van der Waals surface area contributed by atoms with Crippen LogP contribution in [0.1, 0.15) is 48.3 Å². The quantitative estimate of drug-likeness (QED) is 0.424. The molecule has 43 heavy (non-hydrogen) atoms. The van der Waals surface area contributed by atoms with Gasteiger partial charge in [-0.3, -0.25) is 19.3 Å². The van der Waals surface area contributed by atoms with Crippen molar-refractivity contribution in [2.75, 3.05) is 44.2 Å². The van der Waals surface area contributed by atoms with Crippen molar-refractivity contribution in [1.82, 2.24) is 19.8 Å². The number of rotatable bonds is 9. The Kier molecular flexibility index (Phi) is 10.4. The highest BCUT2D eigenvalue weighted by Gasteiger charge is 2.43. The summed E-state index contributed by atoms with van der Waals surface area (Å²) in [4.78, 5) is 42.4. The normalized spacial score (nSPS) is 17.8. The first-order valence-electron chi connectivity index (χ1n) is 13.8. The number of hydrogen-bond acceptors (Lipinski definition) is 7. The lowest BCUT2D eigenvalue weighted by Gasteiger charge is -2.38. The lowest BCUT2D eigenvalue weighted by Crippen LogP contribution is -2.58. The van der Waals surface area contributed by atoms with Crippen molar-refractivity contribution < 1.29 is 36.0 Å². The van der Waals surface area contributed by atoms with E-state index in [1.165, 1.54) is 17.0 Å². The number of halogens is 4. The number of sulfonamides is 1. The Morgan fingerprint density at radius 1 is 1.05 bits per heavy atom. The third-order valence-corrected chi connectivity index (χ3v) is 10.2. The number of amides is 3. The molecule has 0 aliphatic carbocycles. The van der Waals surface area contributed by atoms with Crippen LogP contribution in [-0.2, 0) is 25.8 Å². The number of piperidine rings is 1. The van der Waals surface area contributed by atoms with Crippen LogP contribution in [0.4, 0.5) is 18.9 Å². The van der Waals surface area contributed by atoms with Crippen LogP contribution in [0.2, 0.25) is 4.34 Å². The van der Waals surface area contributed by atoms with E-state index in [1.807, 2.05) is 13.8 Å². The molecule has 2 aromatic rings. The Balaban J connectivity index is 1.66. The van der Waals surface area contributed by atoms with Crippen molar-refractivity contribution in [2.24, 2.45) is 0 Å². The molecule has 2 N–H and O–H groups in total. The highest BCUT2D eigenvalue weighted by Crippen LogP contribution is 2.41. The lowest BCUT2D eigenvalue weighted by atomic mass is 10.1. The van der Waals surface area contributed by atoms with E-state index in [1.54, 1.807) is 0 Å². The molecule has 2 fully saturated rings. The van der Waals surface area contributed by atoms with E-state index in [2.05, 4.69) is 14.9 Å². The van der Waals surface area contributed by atoms with Gasteiger partial charge in [0.15, 0.2) is 0 Å². The average molecular weight is 664 g/mol. The Hall–Kier alpha value is -2.72. The van der Waals surface area contributed by atoms with E-state index in [9.17, 15) is 36.0 Å². The zero-order valence-electron chi connectivity index (χ0n) is 23.6. The van der Waals surface area contributed by atoms with Gasteiger partial charge in [-0.2, -0.15) is 17.9 Å². The molecule has 0 saturated carbocycles. The molecule has 0 unspecified atom stereocenters. The van der Waals surface area contributed by atoms with Crippen molar-refractivity contribution in [3.05, 3.63) is 45.1 Å². The van der Waals surface area contributed by atoms with Crippen molar-refractivity contribution in [3.8, 4) is 0 Å². The molecule has 236 valence electrons. The fourth-order valence-electron chi connectivity index (χ4n) is 5.14. The molecule has 0 spiro atoms. The third kappa shape index (κ3) is 7.87. The smallest absolute Gasteiger partial charge is 0.349 e. The molecule has 0 bridgehead atoms. The highest BCUT2D eigenvalue weighted by atomic mass is 35.5. The summed E-state index contributed by atoms with van der Waals surface area (Å²) in [6.07, 6.45) is -4.11. The van der Waals surface area contributed by atoms with Crippen LogP contribution < -0.4 is 14.9 Å². The predicted molar refractivity (Wildman–Crippen MR) is 157 cm³/mol. The summed E-state index contributed by atoms with van der Waals surface area (Å²) >= 11 is 6.88. The summed E-state index contributed by atoms with van der Waals surface area (Å²) in [5.74, 6) is -1.85. The van der Waals surface area contributed by atoms with Gasteiger partial charge in [-0.05, 0) is 51.0 Å². The highest BCUT2D eigenvalue weighted by molar-refractivity contribution is 7.89. The number of carbonyl (C=O) groups is 3. The molecule has 2 aliphatic rings. The van der Waals surface area contributed by atoms with E-state index < -0.39 is 62.7 Å². The second-order valence-corrected chi connectivity index (χ2v) is 14.0. The number of thiophene rings is 1. The number of carbonyl (C=O) groups excluding carboxylic acids is 3. The first-order chi connectivity index (χ1) is 20.2. The first kappa shape index (κ1) is 33.2. The van der Waals surface area contributed by atoms with Gasteiger partial charge in [0.1, 0.15) is 6.04 Å². The number of alkyl halides is 3. The molecular weight excluding hydrogens is 631 g/mol. The zero-order valence-corrected chi connectivity index (χ0v) is 26.0. The summed E-state index contributed by atoms with van der Waals surface area (Å²) in [6.45, 7) is 5.08. The molecule has 3 heterocycles. The van der Waals surface area contributed by atoms with Gasteiger partial charge >= 0.3 is 6.18 Å². The summed E-state index contributed by atoms with van der Waals surface area (Å²) in [6, 6.07) is 4.55. The molecule has 1 aromatic carbocycles. The van der Waals surface area contributed by atoms with Gasteiger partial charge in [-0.15, -0.1) is 11.3 Å². The second-order valence-electron chi connectivity index (χ2n) is 10.6. The monoisotopic (exact) mass is 663 g/mol. The fourth-order valence-corrected chi connectivity index (χ4v) is 7.53. The predicted octanol–water partition coefficient (Wildman–Crippen LogP) is 3.57. The van der Waals surface area contributed by atoms with Crippen molar-refractivity contribution in [2.45, 2.75) is 56.3 Å². The third-order valence-electron chi connectivity index (χ3n) is 7.41. The number of piperazine rings is 1. The molecule has 1 atom stereocenters. The van der Waals surface area contributed by atoms with Crippen LogP contribution in [-0.4, -0.2) is 87.3 Å². The minimum atomic E-state index is -5.14. The second kappa shape index (κ2) is 13.5. The van der Waals surface area contributed by atoms with Gasteiger partial charge in [0.25, 0.3) is 5.91 Å². The first-order valence-corrected chi connectivity index (χ1v) is 16.5. The Bertz CT molecular complexity index is 1460. The van der Waals surface area contributed by atoms with Crippen molar-refractivity contribution in [1.29, 1.82) is 0 Å². The SMILES string of the molecule is CC(C)N1CCN(C(=O)[C@H](CNC(=O)c2ccc(Cl)s2)NS(=O)(=O)c2cccc(N3CCCCC3=O)c2C(F)(F)F)CC1. The zero-order chi connectivity index (χ0) is 31.5. The van der Waals surface area contributed by atoms with E-state index >= 15 is 0 Å². The van der Waals surface area contributed by atoms with Gasteiger partial charge in [0.2, 0.25) is 21.8 Å². The summed E-state index contributed by atoms with van der Waals surface area (Å²) < 4.78 is 73.2. The van der Waals surface area contributed by atoms with Gasteiger partial charge < -0.3 is 15.1 Å². The number of nitrogens with one attached hydrogen (secondary N) is 2. The average Bonchev–Trinajstić information content (AvgIpc) is 3.40. The Morgan fingerprint density at radius 3 is 2.33 bits per heavy atom. The topological polar surface area (TPSA) is 119 Å². The Labute approximate surface area is 257 Å². The molecule has 10 nitrogen and oxygen atoms in total. The standard InChI is InChI=1S/C27H33ClF3N5O5S2/c1-17(2)34-12-14-35(15-13-34)26(39)18(16-32-25(38)20-9-10-22(28)42-20)33-43(40,41)21-7-5-6-19(24(21)27(29,30)31)36-11-4-3-8-23(36)37/h5-7,9-10,17-18,33H,3-4,8,11-16H2,1-2H3,(H,32,38)/t18-/m0/s1. The largest absolute Gasteiger partial charge is 0.419 e. The molecular formula is C27H33ClF3N5O5S2. The number of anilines is 1. The minimum Gasteiger partial charge on any atom is -0.349 e. The number of nitrogens with zero attached hydrogens (tertiary/aromatic N) is 3. The molecule has 16 heteroatoms. The lowest BCUT2D eigenvalue weighted by molar-refractivity contribution is -0.139. The van der Waals surface area contributed by atoms with Gasteiger partial charge in [0, 0.05) is 51.7 Å². The Morgan fingerprint density at radius 2 is 1.74 bits per heavy atom. The summed E-state index contributed by atoms with van der Waals surface area (Å²) in [5, 5.41) is 2.50. The van der Waals surface area contributed by atoms with E-state index in [0.29, 0.717) is 30.3 Å². The summed E-state index contributed by atoms with van der Waals surface area (Å²) in [5.41, 5.74) is -2.05. The van der Waals surface area contributed by atoms with Crippen molar-refractivity contribution in [3.63, 3.8) is 0 Å². The minimum absolute atomic E-state index is 0.0150. The van der Waals surface area contributed by atoms with E-state index in [4.69, 9.17) is 11.6 Å². The van der Waals surface area contributed by atoms with Crippen molar-refractivity contribution >= 4 is 56.4 Å². The van der Waals surface area contributed by atoms with Crippen LogP contribution >= 0.6 is 22.9 Å². The fraction of sp³-hybridized carbons (Fsp3) is 0.519. The van der Waals surface area contributed by atoms with Gasteiger partial charge in [-0.25, -0.2) is 8.42 Å². The van der Waals surface area contributed by atoms with Crippen LogP contribution in [0.25, 0.3) is 0 Å². The maximum atomic E-state index is 14.5. The molecule has 1 aromatic heterocycles. The molecule has 0 radical (unpaired) electrons. The maximum Gasteiger partial charge on any atom is 0.419 e. The molecule has 3 amide bonds. The number of benzene rings is 1. The van der Waals surface area contributed by atoms with Crippen LogP contribution in [0, 0.1) is 0 Å².